The van der Waals surface area contributed by atoms with Gasteiger partial charge in [-0.15, -0.1) is 0 Å². The van der Waals surface area contributed by atoms with Gasteiger partial charge in [0.25, 0.3) is 11.8 Å². The molecule has 2 N–H and O–H groups in total. The highest BCUT2D eigenvalue weighted by molar-refractivity contribution is 6.01. The van der Waals surface area contributed by atoms with Crippen LogP contribution in [0.25, 0.3) is 11.5 Å². The van der Waals surface area contributed by atoms with E-state index in [1.165, 1.54) is 0 Å². The van der Waals surface area contributed by atoms with E-state index in [-0.39, 0.29) is 11.3 Å². The Hall–Kier alpha value is -2.70. The summed E-state index contributed by atoms with van der Waals surface area (Å²) in [5, 5.41) is 15.7. The molecule has 7 nitrogen and oxygen atoms in total. The Balaban J connectivity index is 2.33. The molecule has 1 aromatic carbocycles. The van der Waals surface area contributed by atoms with Crippen LogP contribution in [0.1, 0.15) is 56.7 Å². The fraction of sp³-hybridized carbons (Fsp3) is 0.444. The van der Waals surface area contributed by atoms with Gasteiger partial charge in [0.05, 0.1) is 11.1 Å². The van der Waals surface area contributed by atoms with Crippen molar-refractivity contribution in [1.29, 1.82) is 0 Å². The molecule has 1 atom stereocenters. The molecule has 0 bridgehead atoms. The van der Waals surface area contributed by atoms with Crippen LogP contribution in [0.15, 0.2) is 28.8 Å². The normalized spacial score (nSPS) is 12.6. The van der Waals surface area contributed by atoms with Gasteiger partial charge in [0.1, 0.15) is 6.04 Å². The van der Waals surface area contributed by atoms with Gasteiger partial charge in [-0.2, -0.15) is 4.98 Å². The summed E-state index contributed by atoms with van der Waals surface area (Å²) < 4.78 is 5.31. The lowest BCUT2D eigenvalue weighted by molar-refractivity contribution is -0.139. The van der Waals surface area contributed by atoms with Crippen molar-refractivity contribution < 1.29 is 19.2 Å². The largest absolute Gasteiger partial charge is 0.480 e. The van der Waals surface area contributed by atoms with Crippen molar-refractivity contribution in [2.45, 2.75) is 52.0 Å². The van der Waals surface area contributed by atoms with Crippen molar-refractivity contribution in [1.82, 2.24) is 15.5 Å². The maximum absolute atomic E-state index is 12.6. The number of carboxylic acids is 1. The quantitative estimate of drug-likeness (QED) is 0.834. The van der Waals surface area contributed by atoms with Gasteiger partial charge < -0.3 is 14.9 Å². The van der Waals surface area contributed by atoms with Crippen molar-refractivity contribution in [3.63, 3.8) is 0 Å². The molecule has 1 heterocycles. The van der Waals surface area contributed by atoms with Crippen LogP contribution in [0.5, 0.6) is 0 Å². The van der Waals surface area contributed by atoms with E-state index in [2.05, 4.69) is 15.5 Å². The zero-order valence-corrected chi connectivity index (χ0v) is 14.9. The molecule has 2 aromatic rings. The third kappa shape index (κ3) is 4.43. The Bertz CT molecular complexity index is 762. The second kappa shape index (κ2) is 7.46. The number of carbonyl (C=O) groups excluding carboxylic acids is 1. The number of nitrogens with zero attached hydrogens (tertiary/aromatic N) is 2. The van der Waals surface area contributed by atoms with Gasteiger partial charge in [-0.05, 0) is 18.6 Å². The third-order valence-corrected chi connectivity index (χ3v) is 3.68. The monoisotopic (exact) mass is 345 g/mol. The molecular formula is C18H23N3O4. The fourth-order valence-electron chi connectivity index (χ4n) is 2.29. The lowest BCUT2D eigenvalue weighted by Gasteiger charge is -2.14. The number of benzene rings is 1. The maximum atomic E-state index is 12.6. The van der Waals surface area contributed by atoms with E-state index >= 15 is 0 Å². The molecule has 2 rings (SSSR count). The number of rotatable bonds is 6. The summed E-state index contributed by atoms with van der Waals surface area (Å²) in [5.41, 5.74) is 0.492. The van der Waals surface area contributed by atoms with Crippen LogP contribution in [-0.4, -0.2) is 33.2 Å². The summed E-state index contributed by atoms with van der Waals surface area (Å²) >= 11 is 0. The molecule has 1 unspecified atom stereocenters. The summed E-state index contributed by atoms with van der Waals surface area (Å²) in [7, 11) is 0. The zero-order valence-electron chi connectivity index (χ0n) is 14.9. The van der Waals surface area contributed by atoms with E-state index in [0.29, 0.717) is 29.8 Å². The summed E-state index contributed by atoms with van der Waals surface area (Å²) in [6, 6.07) is 5.84. The predicted molar refractivity (Wildman–Crippen MR) is 92.2 cm³/mol. The molecular weight excluding hydrogens is 322 g/mol. The van der Waals surface area contributed by atoms with Crippen LogP contribution in [0.4, 0.5) is 0 Å². The maximum Gasteiger partial charge on any atom is 0.326 e. The lowest BCUT2D eigenvalue weighted by Crippen LogP contribution is -2.40. The van der Waals surface area contributed by atoms with Crippen molar-refractivity contribution in [3.05, 3.63) is 35.7 Å². The third-order valence-electron chi connectivity index (χ3n) is 3.68. The van der Waals surface area contributed by atoms with Crippen LogP contribution in [-0.2, 0) is 10.2 Å². The van der Waals surface area contributed by atoms with Gasteiger partial charge in [-0.3, -0.25) is 4.79 Å². The number of carboxylic acid groups (broad SMARTS) is 1. The van der Waals surface area contributed by atoms with E-state index in [0.717, 1.165) is 0 Å². The van der Waals surface area contributed by atoms with E-state index in [1.807, 2.05) is 27.7 Å². The van der Waals surface area contributed by atoms with Crippen molar-refractivity contribution in [2.24, 2.45) is 0 Å². The van der Waals surface area contributed by atoms with Gasteiger partial charge in [-0.25, -0.2) is 4.79 Å². The van der Waals surface area contributed by atoms with Gasteiger partial charge >= 0.3 is 5.97 Å². The van der Waals surface area contributed by atoms with E-state index < -0.39 is 17.9 Å². The SMILES string of the molecule is CCCC(NC(=O)c1ccccc1-c1nc(C(C)(C)C)no1)C(=O)O. The molecule has 0 aliphatic heterocycles. The summed E-state index contributed by atoms with van der Waals surface area (Å²) in [6.07, 6.45) is 1.01. The number of nitrogens with one attached hydrogen (secondary N) is 1. The number of aromatic nitrogens is 2. The number of hydrogen-bond donors (Lipinski definition) is 2. The molecule has 25 heavy (non-hydrogen) atoms. The highest BCUT2D eigenvalue weighted by Crippen LogP contribution is 2.26. The standard InChI is InChI=1S/C18H23N3O4/c1-5-8-13(16(23)24)19-14(22)11-9-6-7-10-12(11)15-20-17(21-25-15)18(2,3)4/h6-7,9-10,13H,5,8H2,1-4H3,(H,19,22)(H,23,24). The first-order chi connectivity index (χ1) is 11.7. The topological polar surface area (TPSA) is 105 Å². The van der Waals surface area contributed by atoms with Crippen molar-refractivity contribution in [2.75, 3.05) is 0 Å². The molecule has 7 heteroatoms. The average molecular weight is 345 g/mol. The summed E-state index contributed by atoms with van der Waals surface area (Å²) in [5.74, 6) is -0.766. The van der Waals surface area contributed by atoms with Crippen LogP contribution < -0.4 is 5.32 Å². The molecule has 0 aliphatic rings. The molecule has 1 amide bonds. The van der Waals surface area contributed by atoms with E-state index in [9.17, 15) is 14.7 Å². The molecule has 0 fully saturated rings. The minimum atomic E-state index is -1.06. The molecule has 0 radical (unpaired) electrons. The van der Waals surface area contributed by atoms with Crippen LogP contribution >= 0.6 is 0 Å². The lowest BCUT2D eigenvalue weighted by atomic mass is 9.96. The Morgan fingerprint density at radius 1 is 1.28 bits per heavy atom. The second-order valence-electron chi connectivity index (χ2n) is 6.87. The predicted octanol–water partition coefficient (Wildman–Crippen LogP) is 3.02. The molecule has 0 saturated carbocycles. The van der Waals surface area contributed by atoms with Gasteiger partial charge in [0, 0.05) is 5.41 Å². The van der Waals surface area contributed by atoms with E-state index in [1.54, 1.807) is 24.3 Å². The summed E-state index contributed by atoms with van der Waals surface area (Å²) in [4.78, 5) is 28.2. The number of amides is 1. The van der Waals surface area contributed by atoms with Gasteiger partial charge in [-0.1, -0.05) is 51.4 Å². The van der Waals surface area contributed by atoms with Crippen LogP contribution in [0.2, 0.25) is 0 Å². The first-order valence-electron chi connectivity index (χ1n) is 8.21. The van der Waals surface area contributed by atoms with E-state index in [4.69, 9.17) is 4.52 Å². The Kier molecular flexibility index (Phi) is 5.56. The van der Waals surface area contributed by atoms with Crippen LogP contribution in [0.3, 0.4) is 0 Å². The Morgan fingerprint density at radius 3 is 2.52 bits per heavy atom. The molecule has 1 aromatic heterocycles. The average Bonchev–Trinajstić information content (AvgIpc) is 3.04. The molecule has 0 aliphatic carbocycles. The number of hydrogen-bond acceptors (Lipinski definition) is 5. The second-order valence-corrected chi connectivity index (χ2v) is 6.87. The Labute approximate surface area is 146 Å². The van der Waals surface area contributed by atoms with Gasteiger partial charge in [0.2, 0.25) is 0 Å². The van der Waals surface area contributed by atoms with Crippen LogP contribution in [0, 0.1) is 0 Å². The molecule has 0 saturated heterocycles. The highest BCUT2D eigenvalue weighted by atomic mass is 16.5. The molecule has 0 spiro atoms. The fourth-order valence-corrected chi connectivity index (χ4v) is 2.29. The van der Waals surface area contributed by atoms with Gasteiger partial charge in [0.15, 0.2) is 5.82 Å². The molecule has 134 valence electrons. The smallest absolute Gasteiger partial charge is 0.326 e. The summed E-state index contributed by atoms with van der Waals surface area (Å²) in [6.45, 7) is 7.75. The minimum Gasteiger partial charge on any atom is -0.480 e. The minimum absolute atomic E-state index is 0.234. The first-order valence-corrected chi connectivity index (χ1v) is 8.21. The van der Waals surface area contributed by atoms with Crippen molar-refractivity contribution >= 4 is 11.9 Å². The zero-order chi connectivity index (χ0) is 18.6. The number of aliphatic carboxylic acids is 1. The van der Waals surface area contributed by atoms with Crippen molar-refractivity contribution in [3.8, 4) is 11.5 Å². The number of carbonyl (C=O) groups is 2. The first kappa shape index (κ1) is 18.6. The highest BCUT2D eigenvalue weighted by Gasteiger charge is 2.25. The Morgan fingerprint density at radius 2 is 1.96 bits per heavy atom.